The minimum absolute atomic E-state index is 0.0316. The molecule has 1 aliphatic heterocycles. The van der Waals surface area contributed by atoms with E-state index < -0.39 is 0 Å². The Labute approximate surface area is 134 Å². The third-order valence-electron chi connectivity index (χ3n) is 4.09. The van der Waals surface area contributed by atoms with Gasteiger partial charge in [-0.05, 0) is 31.0 Å². The number of nitrogens with two attached hydrogens (primary N) is 1. The molecule has 0 atom stereocenters. The summed E-state index contributed by atoms with van der Waals surface area (Å²) >= 11 is 0. The van der Waals surface area contributed by atoms with Crippen LogP contribution in [0.15, 0.2) is 47.3 Å². The van der Waals surface area contributed by atoms with Crippen LogP contribution in [-0.2, 0) is 0 Å². The highest BCUT2D eigenvalue weighted by Crippen LogP contribution is 2.16. The highest BCUT2D eigenvalue weighted by molar-refractivity contribution is 5.99. The minimum atomic E-state index is -0.164. The number of nitrogens with one attached hydrogen (secondary N) is 1. The zero-order chi connectivity index (χ0) is 16.2. The second-order valence-electron chi connectivity index (χ2n) is 5.64. The van der Waals surface area contributed by atoms with Crippen molar-refractivity contribution in [3.05, 3.63) is 54.0 Å². The Kier molecular flexibility index (Phi) is 4.32. The molecule has 6 nitrogen and oxygen atoms in total. The van der Waals surface area contributed by atoms with E-state index in [-0.39, 0.29) is 17.9 Å². The van der Waals surface area contributed by atoms with Gasteiger partial charge in [-0.1, -0.05) is 12.1 Å². The number of carbonyl (C=O) groups is 2. The summed E-state index contributed by atoms with van der Waals surface area (Å²) in [5.41, 5.74) is 7.34. The molecule has 2 aromatic rings. The van der Waals surface area contributed by atoms with E-state index in [2.05, 4.69) is 5.32 Å². The maximum atomic E-state index is 12.3. The molecular weight excluding hydrogens is 294 g/mol. The van der Waals surface area contributed by atoms with Gasteiger partial charge in [0.2, 0.25) is 0 Å². The average Bonchev–Trinajstić information content (AvgIpc) is 3.09. The Bertz CT molecular complexity index is 689. The van der Waals surface area contributed by atoms with E-state index in [4.69, 9.17) is 10.2 Å². The summed E-state index contributed by atoms with van der Waals surface area (Å²) in [6.45, 7) is 1.22. The maximum Gasteiger partial charge on any atom is 0.257 e. The fourth-order valence-electron chi connectivity index (χ4n) is 2.76. The molecule has 0 bridgehead atoms. The van der Waals surface area contributed by atoms with Crippen molar-refractivity contribution in [2.75, 3.05) is 18.8 Å². The molecule has 6 heteroatoms. The first-order valence-corrected chi connectivity index (χ1v) is 7.62. The Balaban J connectivity index is 1.54. The summed E-state index contributed by atoms with van der Waals surface area (Å²) in [6, 6.07) is 8.72. The van der Waals surface area contributed by atoms with Gasteiger partial charge in [-0.15, -0.1) is 0 Å². The third kappa shape index (κ3) is 3.36. The van der Waals surface area contributed by atoms with E-state index >= 15 is 0 Å². The van der Waals surface area contributed by atoms with Gasteiger partial charge in [0.1, 0.15) is 6.26 Å². The van der Waals surface area contributed by atoms with Crippen LogP contribution < -0.4 is 11.1 Å². The first-order chi connectivity index (χ1) is 11.1. The molecule has 1 saturated heterocycles. The second kappa shape index (κ2) is 6.56. The van der Waals surface area contributed by atoms with Crippen LogP contribution in [0.4, 0.5) is 5.69 Å². The van der Waals surface area contributed by atoms with E-state index in [9.17, 15) is 9.59 Å². The number of hydrogen-bond acceptors (Lipinski definition) is 4. The molecule has 0 saturated carbocycles. The molecule has 1 aromatic carbocycles. The van der Waals surface area contributed by atoms with Gasteiger partial charge in [0.05, 0.1) is 17.4 Å². The monoisotopic (exact) mass is 313 g/mol. The molecule has 23 heavy (non-hydrogen) atoms. The molecule has 1 aliphatic rings. The molecule has 120 valence electrons. The summed E-state index contributed by atoms with van der Waals surface area (Å²) in [7, 11) is 0. The van der Waals surface area contributed by atoms with Gasteiger partial charge in [0.25, 0.3) is 11.8 Å². The molecule has 3 N–H and O–H groups in total. The zero-order valence-corrected chi connectivity index (χ0v) is 12.7. The van der Waals surface area contributed by atoms with Gasteiger partial charge >= 0.3 is 0 Å². The Morgan fingerprint density at radius 3 is 2.57 bits per heavy atom. The largest absolute Gasteiger partial charge is 0.472 e. The molecule has 2 amide bonds. The standard InChI is InChI=1S/C17H19N3O3/c18-15-4-2-1-3-14(15)16(21)19-13-5-8-20(9-6-13)17(22)12-7-10-23-11-12/h1-4,7,10-11,13H,5-6,8-9,18H2,(H,19,21). The number of hydrogen-bond donors (Lipinski definition) is 2. The van der Waals surface area contributed by atoms with Crippen molar-refractivity contribution < 1.29 is 14.0 Å². The van der Waals surface area contributed by atoms with Crippen LogP contribution in [0.1, 0.15) is 33.6 Å². The van der Waals surface area contributed by atoms with Crippen LogP contribution in [0.3, 0.4) is 0 Å². The summed E-state index contributed by atoms with van der Waals surface area (Å²) in [6.07, 6.45) is 4.39. The smallest absolute Gasteiger partial charge is 0.257 e. The fraction of sp³-hybridized carbons (Fsp3) is 0.294. The predicted molar refractivity (Wildman–Crippen MR) is 86.0 cm³/mol. The van der Waals surface area contributed by atoms with Gasteiger partial charge in [0.15, 0.2) is 0 Å². The van der Waals surface area contributed by atoms with Crippen LogP contribution in [0, 0.1) is 0 Å². The molecular formula is C17H19N3O3. The number of anilines is 1. The highest BCUT2D eigenvalue weighted by atomic mass is 16.3. The van der Waals surface area contributed by atoms with Crippen molar-refractivity contribution in [1.29, 1.82) is 0 Å². The van der Waals surface area contributed by atoms with Gasteiger partial charge < -0.3 is 20.4 Å². The lowest BCUT2D eigenvalue weighted by atomic mass is 10.0. The number of benzene rings is 1. The summed E-state index contributed by atoms with van der Waals surface area (Å²) < 4.78 is 4.94. The van der Waals surface area contributed by atoms with E-state index in [1.54, 1.807) is 35.2 Å². The molecule has 0 aliphatic carbocycles. The van der Waals surface area contributed by atoms with Gasteiger partial charge in [-0.3, -0.25) is 9.59 Å². The lowest BCUT2D eigenvalue weighted by molar-refractivity contribution is 0.0697. The number of nitrogens with zero attached hydrogens (tertiary/aromatic N) is 1. The number of likely N-dealkylation sites (tertiary alicyclic amines) is 1. The van der Waals surface area contributed by atoms with Crippen molar-refractivity contribution in [3.63, 3.8) is 0 Å². The van der Waals surface area contributed by atoms with Crippen molar-refractivity contribution in [1.82, 2.24) is 10.2 Å². The first-order valence-electron chi connectivity index (χ1n) is 7.62. The Morgan fingerprint density at radius 1 is 1.17 bits per heavy atom. The van der Waals surface area contributed by atoms with Gasteiger partial charge in [0, 0.05) is 24.8 Å². The summed E-state index contributed by atoms with van der Waals surface area (Å²) in [5.74, 6) is -0.196. The maximum absolute atomic E-state index is 12.3. The molecule has 0 radical (unpaired) electrons. The van der Waals surface area contributed by atoms with Gasteiger partial charge in [-0.25, -0.2) is 0 Å². The van der Waals surface area contributed by atoms with Crippen molar-refractivity contribution in [2.24, 2.45) is 0 Å². The van der Waals surface area contributed by atoms with E-state index in [1.807, 2.05) is 0 Å². The van der Waals surface area contributed by atoms with E-state index in [0.29, 0.717) is 29.9 Å². The Hall–Kier alpha value is -2.76. The fourth-order valence-corrected chi connectivity index (χ4v) is 2.76. The predicted octanol–water partition coefficient (Wildman–Crippen LogP) is 1.90. The summed E-state index contributed by atoms with van der Waals surface area (Å²) in [4.78, 5) is 26.3. The lowest BCUT2D eigenvalue weighted by Gasteiger charge is -2.32. The van der Waals surface area contributed by atoms with E-state index in [1.165, 1.54) is 12.5 Å². The molecule has 1 fully saturated rings. The lowest BCUT2D eigenvalue weighted by Crippen LogP contribution is -2.46. The number of furan rings is 1. The third-order valence-corrected chi connectivity index (χ3v) is 4.09. The van der Waals surface area contributed by atoms with E-state index in [0.717, 1.165) is 12.8 Å². The normalized spacial score (nSPS) is 15.4. The van der Waals surface area contributed by atoms with Crippen LogP contribution in [0.2, 0.25) is 0 Å². The highest BCUT2D eigenvalue weighted by Gasteiger charge is 2.25. The van der Waals surface area contributed by atoms with Crippen LogP contribution in [0.5, 0.6) is 0 Å². The quantitative estimate of drug-likeness (QED) is 0.847. The second-order valence-corrected chi connectivity index (χ2v) is 5.64. The average molecular weight is 313 g/mol. The number of amides is 2. The van der Waals surface area contributed by atoms with Crippen LogP contribution in [-0.4, -0.2) is 35.8 Å². The molecule has 0 unspecified atom stereocenters. The molecule has 0 spiro atoms. The minimum Gasteiger partial charge on any atom is -0.472 e. The molecule has 1 aromatic heterocycles. The van der Waals surface area contributed by atoms with Crippen molar-refractivity contribution >= 4 is 17.5 Å². The van der Waals surface area contributed by atoms with Crippen LogP contribution >= 0.6 is 0 Å². The topological polar surface area (TPSA) is 88.6 Å². The number of para-hydroxylation sites is 1. The first kappa shape index (κ1) is 15.1. The summed E-state index contributed by atoms with van der Waals surface area (Å²) in [5, 5.41) is 2.99. The molecule has 3 rings (SSSR count). The van der Waals surface area contributed by atoms with Crippen molar-refractivity contribution in [2.45, 2.75) is 18.9 Å². The van der Waals surface area contributed by atoms with Gasteiger partial charge in [-0.2, -0.15) is 0 Å². The molecule has 2 heterocycles. The van der Waals surface area contributed by atoms with Crippen molar-refractivity contribution in [3.8, 4) is 0 Å². The zero-order valence-electron chi connectivity index (χ0n) is 12.7. The SMILES string of the molecule is Nc1ccccc1C(=O)NC1CCN(C(=O)c2ccoc2)CC1. The number of nitrogen functional groups attached to an aromatic ring is 1. The van der Waals surface area contributed by atoms with Crippen LogP contribution in [0.25, 0.3) is 0 Å². The number of carbonyl (C=O) groups excluding carboxylic acids is 2. The number of piperidine rings is 1. The number of rotatable bonds is 3. The Morgan fingerprint density at radius 2 is 1.91 bits per heavy atom.